The average Bonchev–Trinajstić information content (AvgIpc) is 3.06. The Bertz CT molecular complexity index is 679. The van der Waals surface area contributed by atoms with E-state index in [2.05, 4.69) is 16.9 Å². The topological polar surface area (TPSA) is 73.6 Å². The second-order valence-corrected chi connectivity index (χ2v) is 4.78. The molecule has 0 fully saturated rings. The minimum Gasteiger partial charge on any atom is -0.497 e. The van der Waals surface area contributed by atoms with E-state index in [0.29, 0.717) is 42.5 Å². The lowest BCUT2D eigenvalue weighted by atomic mass is 10.1. The third-order valence-corrected chi connectivity index (χ3v) is 3.24. The predicted molar refractivity (Wildman–Crippen MR) is 86.6 cm³/mol. The number of carbonyl (C=O) groups excluding carboxylic acids is 1. The van der Waals surface area contributed by atoms with Gasteiger partial charge in [-0.25, -0.2) is 4.98 Å². The van der Waals surface area contributed by atoms with Crippen molar-refractivity contribution in [3.63, 3.8) is 0 Å². The molecule has 1 heterocycles. The first-order chi connectivity index (χ1) is 11.2. The molecule has 0 spiro atoms. The highest BCUT2D eigenvalue weighted by Gasteiger charge is 2.13. The number of carbonyl (C=O) groups is 1. The highest BCUT2D eigenvalue weighted by molar-refractivity contribution is 5.76. The fourth-order valence-corrected chi connectivity index (χ4v) is 2.05. The van der Waals surface area contributed by atoms with Crippen molar-refractivity contribution >= 4 is 5.91 Å². The highest BCUT2D eigenvalue weighted by Crippen LogP contribution is 2.33. The smallest absolute Gasteiger partial charge is 0.220 e. The van der Waals surface area contributed by atoms with Crippen LogP contribution in [0.1, 0.15) is 12.3 Å². The second kappa shape index (κ2) is 8.03. The number of rotatable bonds is 8. The Hall–Kier alpha value is -2.76. The Morgan fingerprint density at radius 2 is 2.22 bits per heavy atom. The number of aromatic nitrogens is 1. The number of oxazole rings is 1. The first-order valence-electron chi connectivity index (χ1n) is 7.22. The molecule has 122 valence electrons. The van der Waals surface area contributed by atoms with Gasteiger partial charge in [-0.05, 0) is 12.1 Å². The molecule has 0 unspecified atom stereocenters. The zero-order valence-corrected chi connectivity index (χ0v) is 13.3. The molecule has 2 aromatic rings. The van der Waals surface area contributed by atoms with E-state index in [9.17, 15) is 4.79 Å². The Balaban J connectivity index is 2.07. The number of benzene rings is 1. The molecule has 1 aromatic heterocycles. The van der Waals surface area contributed by atoms with Crippen molar-refractivity contribution in [1.82, 2.24) is 10.3 Å². The zero-order chi connectivity index (χ0) is 16.7. The molecule has 1 amide bonds. The van der Waals surface area contributed by atoms with E-state index < -0.39 is 0 Å². The van der Waals surface area contributed by atoms with Crippen LogP contribution in [0.4, 0.5) is 0 Å². The van der Waals surface area contributed by atoms with Gasteiger partial charge >= 0.3 is 0 Å². The minimum absolute atomic E-state index is 0.0633. The summed E-state index contributed by atoms with van der Waals surface area (Å²) in [6, 6.07) is 5.45. The normalized spacial score (nSPS) is 10.2. The van der Waals surface area contributed by atoms with Crippen molar-refractivity contribution < 1.29 is 18.7 Å². The summed E-state index contributed by atoms with van der Waals surface area (Å²) < 4.78 is 16.2. The SMILES string of the molecule is C=CCNC(=O)CCc1ncc(-c2ccc(OC)cc2OC)o1. The molecule has 6 heteroatoms. The fourth-order valence-electron chi connectivity index (χ4n) is 2.05. The van der Waals surface area contributed by atoms with Gasteiger partial charge in [-0.1, -0.05) is 6.08 Å². The van der Waals surface area contributed by atoms with E-state index in [0.717, 1.165) is 5.56 Å². The number of hydrogen-bond donors (Lipinski definition) is 1. The molecule has 1 aromatic carbocycles. The number of hydrogen-bond acceptors (Lipinski definition) is 5. The van der Waals surface area contributed by atoms with Gasteiger partial charge in [-0.15, -0.1) is 6.58 Å². The summed E-state index contributed by atoms with van der Waals surface area (Å²) in [6.07, 6.45) is 4.01. The van der Waals surface area contributed by atoms with E-state index in [1.807, 2.05) is 12.1 Å². The van der Waals surface area contributed by atoms with Crippen LogP contribution in [0.15, 0.2) is 41.5 Å². The van der Waals surface area contributed by atoms with Gasteiger partial charge in [-0.2, -0.15) is 0 Å². The van der Waals surface area contributed by atoms with Crippen molar-refractivity contribution in [3.05, 3.63) is 42.9 Å². The number of ether oxygens (including phenoxy) is 2. The van der Waals surface area contributed by atoms with Gasteiger partial charge in [0.15, 0.2) is 11.7 Å². The van der Waals surface area contributed by atoms with E-state index in [-0.39, 0.29) is 5.91 Å². The monoisotopic (exact) mass is 316 g/mol. The van der Waals surface area contributed by atoms with Crippen LogP contribution in [0, 0.1) is 0 Å². The number of amides is 1. The van der Waals surface area contributed by atoms with E-state index in [4.69, 9.17) is 13.9 Å². The molecule has 0 atom stereocenters. The van der Waals surface area contributed by atoms with Gasteiger partial charge in [0.05, 0.1) is 26.0 Å². The van der Waals surface area contributed by atoms with Crippen molar-refractivity contribution in [3.8, 4) is 22.8 Å². The molecule has 0 saturated carbocycles. The first kappa shape index (κ1) is 16.6. The highest BCUT2D eigenvalue weighted by atomic mass is 16.5. The van der Waals surface area contributed by atoms with Crippen LogP contribution in [0.25, 0.3) is 11.3 Å². The third kappa shape index (κ3) is 4.35. The Morgan fingerprint density at radius 1 is 1.39 bits per heavy atom. The van der Waals surface area contributed by atoms with Crippen molar-refractivity contribution in [1.29, 1.82) is 0 Å². The van der Waals surface area contributed by atoms with Gasteiger partial charge in [0.25, 0.3) is 0 Å². The zero-order valence-electron chi connectivity index (χ0n) is 13.3. The maximum atomic E-state index is 11.6. The Labute approximate surface area is 135 Å². The van der Waals surface area contributed by atoms with Gasteiger partial charge in [0, 0.05) is 25.5 Å². The molecule has 1 N–H and O–H groups in total. The molecule has 0 bridgehead atoms. The molecule has 0 radical (unpaired) electrons. The molecule has 6 nitrogen and oxygen atoms in total. The number of methoxy groups -OCH3 is 2. The summed E-state index contributed by atoms with van der Waals surface area (Å²) in [6.45, 7) is 4.01. The van der Waals surface area contributed by atoms with Gasteiger partial charge < -0.3 is 19.2 Å². The van der Waals surface area contributed by atoms with Gasteiger partial charge in [0.2, 0.25) is 5.91 Å². The van der Waals surface area contributed by atoms with Crippen molar-refractivity contribution in [2.24, 2.45) is 0 Å². The summed E-state index contributed by atoms with van der Waals surface area (Å²) in [5, 5.41) is 2.71. The fraction of sp³-hybridized carbons (Fsp3) is 0.294. The molecular weight excluding hydrogens is 296 g/mol. The summed E-state index contributed by atoms with van der Waals surface area (Å²) in [7, 11) is 3.18. The Morgan fingerprint density at radius 3 is 2.91 bits per heavy atom. The van der Waals surface area contributed by atoms with Crippen LogP contribution in [0.2, 0.25) is 0 Å². The second-order valence-electron chi connectivity index (χ2n) is 4.78. The average molecular weight is 316 g/mol. The quantitative estimate of drug-likeness (QED) is 0.758. The molecule has 23 heavy (non-hydrogen) atoms. The summed E-state index contributed by atoms with van der Waals surface area (Å²) in [5.74, 6) is 2.37. The maximum Gasteiger partial charge on any atom is 0.220 e. The van der Waals surface area contributed by atoms with Gasteiger partial charge in [0.1, 0.15) is 11.5 Å². The first-order valence-corrected chi connectivity index (χ1v) is 7.22. The largest absolute Gasteiger partial charge is 0.497 e. The van der Waals surface area contributed by atoms with Crippen molar-refractivity contribution in [2.75, 3.05) is 20.8 Å². The minimum atomic E-state index is -0.0633. The molecule has 0 aliphatic heterocycles. The summed E-state index contributed by atoms with van der Waals surface area (Å²) in [4.78, 5) is 15.8. The Kier molecular flexibility index (Phi) is 5.80. The summed E-state index contributed by atoms with van der Waals surface area (Å²) >= 11 is 0. The molecule has 0 aliphatic rings. The number of nitrogens with zero attached hydrogens (tertiary/aromatic N) is 1. The van der Waals surface area contributed by atoms with E-state index in [1.54, 1.807) is 32.6 Å². The van der Waals surface area contributed by atoms with E-state index in [1.165, 1.54) is 0 Å². The number of aryl methyl sites for hydroxylation is 1. The molecule has 2 rings (SSSR count). The lowest BCUT2D eigenvalue weighted by Crippen LogP contribution is -2.23. The van der Waals surface area contributed by atoms with E-state index >= 15 is 0 Å². The number of nitrogens with one attached hydrogen (secondary N) is 1. The third-order valence-electron chi connectivity index (χ3n) is 3.24. The van der Waals surface area contributed by atoms with Gasteiger partial charge in [-0.3, -0.25) is 4.79 Å². The molecular formula is C17H20N2O4. The predicted octanol–water partition coefficient (Wildman–Crippen LogP) is 2.59. The van der Waals surface area contributed by atoms with Crippen LogP contribution in [0.3, 0.4) is 0 Å². The van der Waals surface area contributed by atoms with Crippen LogP contribution >= 0.6 is 0 Å². The lowest BCUT2D eigenvalue weighted by Gasteiger charge is -2.08. The lowest BCUT2D eigenvalue weighted by molar-refractivity contribution is -0.120. The standard InChI is InChI=1S/C17H20N2O4/c1-4-9-18-16(20)7-8-17-19-11-15(23-17)13-6-5-12(21-2)10-14(13)22-3/h4-6,10-11H,1,7-9H2,2-3H3,(H,18,20). The molecule has 0 aliphatic carbocycles. The van der Waals surface area contributed by atoms with Crippen LogP contribution < -0.4 is 14.8 Å². The van der Waals surface area contributed by atoms with Crippen LogP contribution in [-0.4, -0.2) is 31.7 Å². The van der Waals surface area contributed by atoms with Crippen LogP contribution in [0.5, 0.6) is 11.5 Å². The summed E-state index contributed by atoms with van der Waals surface area (Å²) in [5.41, 5.74) is 0.781. The van der Waals surface area contributed by atoms with Crippen LogP contribution in [-0.2, 0) is 11.2 Å². The molecule has 0 saturated heterocycles. The van der Waals surface area contributed by atoms with Crippen molar-refractivity contribution in [2.45, 2.75) is 12.8 Å². The maximum absolute atomic E-state index is 11.6.